The molecule has 6 nitrogen and oxygen atoms in total. The fourth-order valence-electron chi connectivity index (χ4n) is 6.57. The minimum Gasteiger partial charge on any atom is -0.347 e. The molecule has 0 aromatic heterocycles. The van der Waals surface area contributed by atoms with Crippen LogP contribution in [0.4, 0.5) is 0 Å². The first kappa shape index (κ1) is 32.4. The number of carbonyl (C=O) groups excluding carboxylic acids is 2. The van der Waals surface area contributed by atoms with Crippen LogP contribution in [0.1, 0.15) is 66.8 Å². The summed E-state index contributed by atoms with van der Waals surface area (Å²) in [6, 6.07) is 11.1. The Hall–Kier alpha value is -1.54. The normalized spacial score (nSPS) is 19.9. The molecule has 224 valence electrons. The van der Waals surface area contributed by atoms with Gasteiger partial charge in [-0.1, -0.05) is 65.0 Å². The van der Waals surface area contributed by atoms with Gasteiger partial charge in [0.2, 0.25) is 5.91 Å². The molecule has 2 heterocycles. The first-order chi connectivity index (χ1) is 19.5. The van der Waals surface area contributed by atoms with E-state index in [-0.39, 0.29) is 23.8 Å². The van der Waals surface area contributed by atoms with Crippen LogP contribution in [0.25, 0.3) is 0 Å². The number of benzene rings is 2. The van der Waals surface area contributed by atoms with Gasteiger partial charge in [-0.3, -0.25) is 14.5 Å². The molecule has 2 saturated heterocycles. The third kappa shape index (κ3) is 7.34. The van der Waals surface area contributed by atoms with Gasteiger partial charge in [-0.25, -0.2) is 0 Å². The zero-order valence-corrected chi connectivity index (χ0v) is 27.1. The van der Waals surface area contributed by atoms with E-state index in [1.54, 1.807) is 35.0 Å². The molecular formula is C31H40Cl4N4O2. The molecule has 2 aromatic rings. The Morgan fingerprint density at radius 2 is 1.66 bits per heavy atom. The second-order valence-electron chi connectivity index (χ2n) is 11.6. The highest BCUT2D eigenvalue weighted by atomic mass is 35.5. The van der Waals surface area contributed by atoms with Crippen molar-refractivity contribution in [3.63, 3.8) is 0 Å². The van der Waals surface area contributed by atoms with E-state index in [1.165, 1.54) is 0 Å². The Morgan fingerprint density at radius 3 is 2.29 bits per heavy atom. The predicted molar refractivity (Wildman–Crippen MR) is 170 cm³/mol. The van der Waals surface area contributed by atoms with Crippen LogP contribution in [-0.4, -0.2) is 85.4 Å². The number of likely N-dealkylation sites (N-methyl/N-ethyl adjacent to an activating group) is 2. The average molecular weight is 642 g/mol. The van der Waals surface area contributed by atoms with Crippen LogP contribution in [0, 0.1) is 0 Å². The Bertz CT molecular complexity index is 1210. The second kappa shape index (κ2) is 14.3. The summed E-state index contributed by atoms with van der Waals surface area (Å²) in [5.41, 5.74) is 0.847. The lowest BCUT2D eigenvalue weighted by Crippen LogP contribution is -2.66. The summed E-state index contributed by atoms with van der Waals surface area (Å²) in [5.74, 6) is -0.0265. The van der Waals surface area contributed by atoms with Gasteiger partial charge < -0.3 is 15.1 Å². The molecule has 0 aliphatic carbocycles. The summed E-state index contributed by atoms with van der Waals surface area (Å²) in [5, 5.41) is 5.09. The van der Waals surface area contributed by atoms with E-state index in [1.807, 2.05) is 32.3 Å². The van der Waals surface area contributed by atoms with Crippen LogP contribution >= 0.6 is 46.4 Å². The summed E-state index contributed by atoms with van der Waals surface area (Å²) < 4.78 is 0. The monoisotopic (exact) mass is 640 g/mol. The summed E-state index contributed by atoms with van der Waals surface area (Å²) in [6.45, 7) is 3.06. The molecule has 2 atom stereocenters. The molecule has 1 N–H and O–H groups in total. The molecule has 0 saturated carbocycles. The summed E-state index contributed by atoms with van der Waals surface area (Å²) in [4.78, 5) is 33.1. The third-order valence-electron chi connectivity index (χ3n) is 8.69. The lowest BCUT2D eigenvalue weighted by Gasteiger charge is -2.51. The SMILES string of the molecule is CN(C)C(=O)C1(N2CCCCC2CCC(CN(C)C(=O)c2c(Cl)cccc2Cl)c2ccc(Cl)c(Cl)c2)CCNCC1. The van der Waals surface area contributed by atoms with Crippen molar-refractivity contribution in [3.05, 3.63) is 67.6 Å². The third-order valence-corrected chi connectivity index (χ3v) is 10.1. The molecule has 2 unspecified atom stereocenters. The van der Waals surface area contributed by atoms with Crippen molar-refractivity contribution in [1.82, 2.24) is 20.0 Å². The molecule has 10 heteroatoms. The number of amides is 2. The van der Waals surface area contributed by atoms with E-state index < -0.39 is 5.54 Å². The average Bonchev–Trinajstić information content (AvgIpc) is 2.96. The van der Waals surface area contributed by atoms with Gasteiger partial charge in [0.25, 0.3) is 5.91 Å². The zero-order chi connectivity index (χ0) is 29.7. The summed E-state index contributed by atoms with van der Waals surface area (Å²) in [6.07, 6.45) is 6.63. The van der Waals surface area contributed by atoms with E-state index in [2.05, 4.69) is 10.2 Å². The van der Waals surface area contributed by atoms with Crippen LogP contribution in [0.3, 0.4) is 0 Å². The molecule has 0 radical (unpaired) electrons. The van der Waals surface area contributed by atoms with Crippen LogP contribution in [-0.2, 0) is 4.79 Å². The van der Waals surface area contributed by atoms with Gasteiger partial charge in [0.1, 0.15) is 5.54 Å². The largest absolute Gasteiger partial charge is 0.347 e. The lowest BCUT2D eigenvalue weighted by molar-refractivity contribution is -0.148. The number of likely N-dealkylation sites (tertiary alicyclic amines) is 1. The topological polar surface area (TPSA) is 55.9 Å². The molecule has 2 amide bonds. The maximum absolute atomic E-state index is 13.7. The highest BCUT2D eigenvalue weighted by molar-refractivity contribution is 6.42. The molecule has 0 bridgehead atoms. The molecule has 41 heavy (non-hydrogen) atoms. The van der Waals surface area contributed by atoms with E-state index in [0.29, 0.717) is 32.2 Å². The lowest BCUT2D eigenvalue weighted by atomic mass is 9.80. The maximum atomic E-state index is 13.7. The van der Waals surface area contributed by atoms with E-state index in [4.69, 9.17) is 46.4 Å². The van der Waals surface area contributed by atoms with Crippen LogP contribution in [0.5, 0.6) is 0 Å². The maximum Gasteiger partial charge on any atom is 0.256 e. The zero-order valence-electron chi connectivity index (χ0n) is 24.1. The van der Waals surface area contributed by atoms with Gasteiger partial charge in [0.05, 0.1) is 25.7 Å². The van der Waals surface area contributed by atoms with Crippen molar-refractivity contribution in [1.29, 1.82) is 0 Å². The van der Waals surface area contributed by atoms with Crippen molar-refractivity contribution < 1.29 is 9.59 Å². The Balaban J connectivity index is 1.59. The molecule has 2 fully saturated rings. The molecule has 2 aromatic carbocycles. The Kier molecular flexibility index (Phi) is 11.3. The van der Waals surface area contributed by atoms with Gasteiger partial charge in [-0.05, 0) is 88.0 Å². The van der Waals surface area contributed by atoms with Crippen LogP contribution in [0.2, 0.25) is 20.1 Å². The van der Waals surface area contributed by atoms with E-state index in [9.17, 15) is 9.59 Å². The summed E-state index contributed by atoms with van der Waals surface area (Å²) >= 11 is 25.4. The molecule has 2 aliphatic heterocycles. The number of rotatable bonds is 9. The highest BCUT2D eigenvalue weighted by Crippen LogP contribution is 2.38. The minimum atomic E-state index is -0.480. The van der Waals surface area contributed by atoms with Crippen LogP contribution in [0.15, 0.2) is 36.4 Å². The number of piperidine rings is 2. The first-order valence-corrected chi connectivity index (χ1v) is 15.9. The molecule has 4 rings (SSSR count). The van der Waals surface area contributed by atoms with Crippen molar-refractivity contribution in [2.45, 2.75) is 62.4 Å². The van der Waals surface area contributed by atoms with Crippen molar-refractivity contribution in [3.8, 4) is 0 Å². The van der Waals surface area contributed by atoms with Gasteiger partial charge >= 0.3 is 0 Å². The first-order valence-electron chi connectivity index (χ1n) is 14.4. The van der Waals surface area contributed by atoms with Crippen molar-refractivity contribution in [2.75, 3.05) is 47.3 Å². The van der Waals surface area contributed by atoms with Crippen LogP contribution < -0.4 is 5.32 Å². The minimum absolute atomic E-state index is 0.00252. The molecule has 0 spiro atoms. The van der Waals surface area contributed by atoms with E-state index in [0.717, 1.165) is 70.1 Å². The molecular weight excluding hydrogens is 602 g/mol. The summed E-state index contributed by atoms with van der Waals surface area (Å²) in [7, 11) is 5.51. The standard InChI is InChI=1S/C31H40Cl4N4O2/c1-37(2)30(41)31(14-16-36-17-15-31)39-18-5-4-7-23(39)12-10-22(21-11-13-24(32)27(35)19-21)20-38(3)29(40)28-25(33)8-6-9-26(28)34/h6,8-9,11,13,19,22-23,36H,4-5,7,10,12,14-18,20H2,1-3H3. The van der Waals surface area contributed by atoms with Gasteiger partial charge in [0, 0.05) is 39.6 Å². The predicted octanol–water partition coefficient (Wildman–Crippen LogP) is 7.00. The number of nitrogens with zero attached hydrogens (tertiary/aromatic N) is 3. The fourth-order valence-corrected chi connectivity index (χ4v) is 7.44. The smallest absolute Gasteiger partial charge is 0.256 e. The van der Waals surface area contributed by atoms with Crippen molar-refractivity contribution >= 4 is 58.2 Å². The van der Waals surface area contributed by atoms with Crippen molar-refractivity contribution in [2.24, 2.45) is 0 Å². The van der Waals surface area contributed by atoms with Gasteiger partial charge in [-0.2, -0.15) is 0 Å². The number of halogens is 4. The number of hydrogen-bond donors (Lipinski definition) is 1. The Labute approximate surface area is 264 Å². The van der Waals surface area contributed by atoms with Gasteiger partial charge in [-0.15, -0.1) is 0 Å². The van der Waals surface area contributed by atoms with Gasteiger partial charge in [0.15, 0.2) is 0 Å². The fraction of sp³-hybridized carbons (Fsp3) is 0.548. The number of nitrogens with one attached hydrogen (secondary N) is 1. The highest BCUT2D eigenvalue weighted by Gasteiger charge is 2.48. The number of carbonyl (C=O) groups is 2. The second-order valence-corrected chi connectivity index (χ2v) is 13.2. The quantitative estimate of drug-likeness (QED) is 0.320. The van der Waals surface area contributed by atoms with E-state index >= 15 is 0 Å². The molecule has 2 aliphatic rings. The Morgan fingerprint density at radius 1 is 0.976 bits per heavy atom. The number of hydrogen-bond acceptors (Lipinski definition) is 4.